The molecule has 1 saturated heterocycles. The molecule has 0 radical (unpaired) electrons. The number of nitrogens with zero attached hydrogens (tertiary/aromatic N) is 3. The topological polar surface area (TPSA) is 42.2 Å². The second kappa shape index (κ2) is 7.19. The third kappa shape index (κ3) is 3.64. The monoisotopic (exact) mass is 333 g/mol. The van der Waals surface area contributed by atoms with Gasteiger partial charge in [-0.25, -0.2) is 4.98 Å². The average molecular weight is 333 g/mol. The third-order valence-electron chi connectivity index (χ3n) is 4.90. The van der Waals surface area contributed by atoms with Crippen molar-refractivity contribution in [2.24, 2.45) is 0 Å². The highest BCUT2D eigenvalue weighted by molar-refractivity contribution is 5.66. The standard InChI is InChI=1S/C21H23N3O/c1-16-20(10-15-24-13-2-3-14-24)23-21(25-16)19-6-4-17(5-7-19)18-8-11-22-12-9-18/h4-9,11-12H,2-3,10,13-15H2,1H3. The lowest BCUT2D eigenvalue weighted by Gasteiger charge is -2.12. The first-order chi connectivity index (χ1) is 12.3. The predicted molar refractivity (Wildman–Crippen MR) is 99.3 cm³/mol. The van der Waals surface area contributed by atoms with E-state index in [2.05, 4.69) is 34.1 Å². The Hall–Kier alpha value is -2.46. The zero-order chi connectivity index (χ0) is 17.1. The molecule has 1 aromatic carbocycles. The Bertz CT molecular complexity index is 818. The van der Waals surface area contributed by atoms with E-state index < -0.39 is 0 Å². The van der Waals surface area contributed by atoms with Crippen LogP contribution >= 0.6 is 0 Å². The van der Waals surface area contributed by atoms with Crippen molar-refractivity contribution in [2.45, 2.75) is 26.2 Å². The van der Waals surface area contributed by atoms with Crippen LogP contribution in [0.3, 0.4) is 0 Å². The van der Waals surface area contributed by atoms with Crippen LogP contribution in [0, 0.1) is 6.92 Å². The highest BCUT2D eigenvalue weighted by atomic mass is 16.4. The summed E-state index contributed by atoms with van der Waals surface area (Å²) in [5.74, 6) is 1.66. The van der Waals surface area contributed by atoms with Gasteiger partial charge < -0.3 is 9.32 Å². The molecule has 0 spiro atoms. The summed E-state index contributed by atoms with van der Waals surface area (Å²) in [5, 5.41) is 0. The van der Waals surface area contributed by atoms with Crippen LogP contribution < -0.4 is 0 Å². The number of aryl methyl sites for hydroxylation is 1. The van der Waals surface area contributed by atoms with Crippen molar-refractivity contribution in [3.63, 3.8) is 0 Å². The maximum Gasteiger partial charge on any atom is 0.226 e. The minimum absolute atomic E-state index is 0.718. The van der Waals surface area contributed by atoms with E-state index in [-0.39, 0.29) is 0 Å². The minimum Gasteiger partial charge on any atom is -0.441 e. The van der Waals surface area contributed by atoms with Crippen LogP contribution in [0.2, 0.25) is 0 Å². The molecule has 0 atom stereocenters. The largest absolute Gasteiger partial charge is 0.441 e. The predicted octanol–water partition coefficient (Wildman–Crippen LogP) is 4.35. The van der Waals surface area contributed by atoms with Gasteiger partial charge in [0, 0.05) is 30.9 Å². The summed E-state index contributed by atoms with van der Waals surface area (Å²) in [6.07, 6.45) is 7.24. The number of hydrogen-bond donors (Lipinski definition) is 0. The second-order valence-corrected chi connectivity index (χ2v) is 6.63. The molecule has 0 amide bonds. The molecular formula is C21H23N3O. The second-order valence-electron chi connectivity index (χ2n) is 6.63. The molecule has 3 aromatic rings. The van der Waals surface area contributed by atoms with E-state index >= 15 is 0 Å². The molecule has 1 fully saturated rings. The molecule has 1 aliphatic heterocycles. The summed E-state index contributed by atoms with van der Waals surface area (Å²) < 4.78 is 5.92. The lowest BCUT2D eigenvalue weighted by molar-refractivity contribution is 0.341. The average Bonchev–Trinajstić information content (AvgIpc) is 3.30. The summed E-state index contributed by atoms with van der Waals surface area (Å²) in [4.78, 5) is 11.3. The van der Waals surface area contributed by atoms with Gasteiger partial charge in [0.2, 0.25) is 5.89 Å². The van der Waals surface area contributed by atoms with E-state index in [1.165, 1.54) is 31.5 Å². The van der Waals surface area contributed by atoms with Gasteiger partial charge in [-0.05, 0) is 68.2 Å². The van der Waals surface area contributed by atoms with Gasteiger partial charge in [0.05, 0.1) is 5.69 Å². The van der Waals surface area contributed by atoms with Crippen LogP contribution in [0.5, 0.6) is 0 Å². The van der Waals surface area contributed by atoms with Gasteiger partial charge in [-0.1, -0.05) is 12.1 Å². The fraction of sp³-hybridized carbons (Fsp3) is 0.333. The van der Waals surface area contributed by atoms with Gasteiger partial charge >= 0.3 is 0 Å². The number of rotatable bonds is 5. The Labute approximate surface area is 148 Å². The fourth-order valence-corrected chi connectivity index (χ4v) is 3.40. The highest BCUT2D eigenvalue weighted by Crippen LogP contribution is 2.26. The number of hydrogen-bond acceptors (Lipinski definition) is 4. The quantitative estimate of drug-likeness (QED) is 0.696. The van der Waals surface area contributed by atoms with Gasteiger partial charge in [-0.3, -0.25) is 4.98 Å². The number of likely N-dealkylation sites (tertiary alicyclic amines) is 1. The van der Waals surface area contributed by atoms with Gasteiger partial charge in [0.1, 0.15) is 5.76 Å². The number of oxazole rings is 1. The maximum atomic E-state index is 5.92. The number of pyridine rings is 1. The molecule has 128 valence electrons. The van der Waals surface area contributed by atoms with Crippen LogP contribution in [0.15, 0.2) is 53.2 Å². The molecule has 0 bridgehead atoms. The summed E-state index contributed by atoms with van der Waals surface area (Å²) in [6.45, 7) is 5.54. The third-order valence-corrected chi connectivity index (χ3v) is 4.90. The van der Waals surface area contributed by atoms with Crippen molar-refractivity contribution in [3.8, 4) is 22.6 Å². The molecule has 4 heteroatoms. The molecule has 25 heavy (non-hydrogen) atoms. The molecule has 1 aliphatic rings. The Morgan fingerprint density at radius 3 is 2.28 bits per heavy atom. The molecular weight excluding hydrogens is 310 g/mol. The zero-order valence-corrected chi connectivity index (χ0v) is 14.6. The summed E-state index contributed by atoms with van der Waals surface area (Å²) in [5.41, 5.74) is 4.44. The molecule has 4 rings (SSSR count). The summed E-state index contributed by atoms with van der Waals surface area (Å²) in [7, 11) is 0. The van der Waals surface area contributed by atoms with E-state index in [0.29, 0.717) is 0 Å². The molecule has 3 heterocycles. The smallest absolute Gasteiger partial charge is 0.226 e. The summed E-state index contributed by atoms with van der Waals surface area (Å²) >= 11 is 0. The lowest BCUT2D eigenvalue weighted by atomic mass is 10.1. The van der Waals surface area contributed by atoms with Crippen molar-refractivity contribution in [1.82, 2.24) is 14.9 Å². The SMILES string of the molecule is Cc1oc(-c2ccc(-c3ccncc3)cc2)nc1CCN1CCCC1. The van der Waals surface area contributed by atoms with Crippen molar-refractivity contribution in [2.75, 3.05) is 19.6 Å². The van der Waals surface area contributed by atoms with Gasteiger partial charge in [-0.2, -0.15) is 0 Å². The Balaban J connectivity index is 1.49. The first-order valence-corrected chi connectivity index (χ1v) is 8.99. The first-order valence-electron chi connectivity index (χ1n) is 8.99. The maximum absolute atomic E-state index is 5.92. The van der Waals surface area contributed by atoms with Crippen LogP contribution in [0.1, 0.15) is 24.3 Å². The molecule has 2 aromatic heterocycles. The van der Waals surface area contributed by atoms with Gasteiger partial charge in [-0.15, -0.1) is 0 Å². The molecule has 0 saturated carbocycles. The van der Waals surface area contributed by atoms with Crippen LogP contribution in [-0.4, -0.2) is 34.5 Å². The lowest BCUT2D eigenvalue weighted by Crippen LogP contribution is -2.22. The zero-order valence-electron chi connectivity index (χ0n) is 14.6. The van der Waals surface area contributed by atoms with Crippen LogP contribution in [0.25, 0.3) is 22.6 Å². The number of benzene rings is 1. The molecule has 4 nitrogen and oxygen atoms in total. The van der Waals surface area contributed by atoms with Crippen molar-refractivity contribution < 1.29 is 4.42 Å². The number of aromatic nitrogens is 2. The Kier molecular flexibility index (Phi) is 4.61. The van der Waals surface area contributed by atoms with Gasteiger partial charge in [0.15, 0.2) is 0 Å². The first kappa shape index (κ1) is 16.0. The van der Waals surface area contributed by atoms with Crippen LogP contribution in [0.4, 0.5) is 0 Å². The van der Waals surface area contributed by atoms with Crippen molar-refractivity contribution >= 4 is 0 Å². The molecule has 0 aliphatic carbocycles. The minimum atomic E-state index is 0.718. The molecule has 0 unspecified atom stereocenters. The Morgan fingerprint density at radius 1 is 0.920 bits per heavy atom. The van der Waals surface area contributed by atoms with Crippen molar-refractivity contribution in [1.29, 1.82) is 0 Å². The van der Waals surface area contributed by atoms with Gasteiger partial charge in [0.25, 0.3) is 0 Å². The van der Waals surface area contributed by atoms with E-state index in [4.69, 9.17) is 9.40 Å². The molecule has 0 N–H and O–H groups in total. The highest BCUT2D eigenvalue weighted by Gasteiger charge is 2.15. The van der Waals surface area contributed by atoms with E-state index in [1.54, 1.807) is 0 Å². The van der Waals surface area contributed by atoms with E-state index in [9.17, 15) is 0 Å². The normalized spacial score (nSPS) is 14.9. The van der Waals surface area contributed by atoms with Crippen LogP contribution in [-0.2, 0) is 6.42 Å². The van der Waals surface area contributed by atoms with E-state index in [1.807, 2.05) is 31.5 Å². The van der Waals surface area contributed by atoms with Crippen molar-refractivity contribution in [3.05, 3.63) is 60.2 Å². The van der Waals surface area contributed by atoms with E-state index in [0.717, 1.165) is 41.4 Å². The summed E-state index contributed by atoms with van der Waals surface area (Å²) in [6, 6.07) is 12.4. The fourth-order valence-electron chi connectivity index (χ4n) is 3.40. The Morgan fingerprint density at radius 2 is 1.56 bits per heavy atom.